The summed E-state index contributed by atoms with van der Waals surface area (Å²) in [6, 6.07) is 24.7. The molecule has 0 radical (unpaired) electrons. The summed E-state index contributed by atoms with van der Waals surface area (Å²) >= 11 is 0. The van der Waals surface area contributed by atoms with E-state index in [1.165, 1.54) is 19.2 Å². The minimum atomic E-state index is -1.97. The lowest BCUT2D eigenvalue weighted by Crippen LogP contribution is -2.40. The van der Waals surface area contributed by atoms with Crippen molar-refractivity contribution in [2.75, 3.05) is 12.4 Å². The van der Waals surface area contributed by atoms with Crippen LogP contribution in [0.15, 0.2) is 102 Å². The van der Waals surface area contributed by atoms with E-state index in [4.69, 9.17) is 4.74 Å². The number of hydrogen-bond acceptors (Lipinski definition) is 6. The molecule has 10 nitrogen and oxygen atoms in total. The van der Waals surface area contributed by atoms with E-state index in [-0.39, 0.29) is 22.9 Å². The molecule has 0 bridgehead atoms. The number of aromatic nitrogens is 1. The summed E-state index contributed by atoms with van der Waals surface area (Å²) in [7, 11) is -0.755. The second kappa shape index (κ2) is 14.0. The van der Waals surface area contributed by atoms with E-state index in [9.17, 15) is 23.7 Å². The molecule has 1 aromatic heterocycles. The molecule has 2 atom stereocenters. The van der Waals surface area contributed by atoms with Crippen LogP contribution in [0.25, 0.3) is 11.1 Å². The molecule has 3 aromatic carbocycles. The third-order valence-electron chi connectivity index (χ3n) is 6.04. The van der Waals surface area contributed by atoms with Gasteiger partial charge in [-0.15, -0.1) is 0 Å². The molecule has 0 saturated carbocycles. The number of amides is 2. The highest BCUT2D eigenvalue weighted by atomic mass is 32.2. The van der Waals surface area contributed by atoms with Gasteiger partial charge in [-0.05, 0) is 59.5 Å². The fourth-order valence-electron chi connectivity index (χ4n) is 3.97. The molecule has 2 unspecified atom stereocenters. The molecule has 0 saturated heterocycles. The zero-order valence-electron chi connectivity index (χ0n) is 22.1. The van der Waals surface area contributed by atoms with Gasteiger partial charge in [-0.25, -0.2) is 18.5 Å². The van der Waals surface area contributed by atoms with Crippen molar-refractivity contribution in [1.82, 2.24) is 15.0 Å². The third kappa shape index (κ3) is 8.07. The topological polar surface area (TPSA) is 147 Å². The zero-order valence-corrected chi connectivity index (χ0v) is 22.9. The number of rotatable bonds is 11. The molecule has 4 aromatic rings. The van der Waals surface area contributed by atoms with Gasteiger partial charge in [-0.1, -0.05) is 54.6 Å². The van der Waals surface area contributed by atoms with Gasteiger partial charge in [0.2, 0.25) is 0 Å². The largest absolute Gasteiger partial charge is 0.480 e. The average Bonchev–Trinajstić information content (AvgIpc) is 3.00. The second-order valence-corrected chi connectivity index (χ2v) is 10.1. The number of anilines is 1. The highest BCUT2D eigenvalue weighted by Crippen LogP contribution is 2.24. The summed E-state index contributed by atoms with van der Waals surface area (Å²) < 4.78 is 20.3. The summed E-state index contributed by atoms with van der Waals surface area (Å²) in [6.07, 6.45) is 1.72. The van der Waals surface area contributed by atoms with Gasteiger partial charge in [0.15, 0.2) is 0 Å². The lowest BCUT2D eigenvalue weighted by Gasteiger charge is -2.16. The number of pyridine rings is 1. The van der Waals surface area contributed by atoms with Crippen LogP contribution in [0.1, 0.15) is 21.6 Å². The number of benzene rings is 3. The predicted molar refractivity (Wildman–Crippen MR) is 154 cm³/mol. The summed E-state index contributed by atoms with van der Waals surface area (Å²) in [4.78, 5) is 40.6. The van der Waals surface area contributed by atoms with Crippen molar-refractivity contribution in [2.45, 2.75) is 23.9 Å². The van der Waals surface area contributed by atoms with Gasteiger partial charge in [0.25, 0.3) is 0 Å². The maximum atomic E-state index is 12.9. The second-order valence-electron chi connectivity index (χ2n) is 8.88. The molecular weight excluding hydrogens is 544 g/mol. The SMILES string of the molecule is COC(=O)c1ccccc1S(=O)NC(Cc1ccc(-c2cccc(NC(=O)NCc3ccccn3)c2)cc1)C(=O)O. The molecule has 0 spiro atoms. The molecule has 0 aliphatic heterocycles. The maximum absolute atomic E-state index is 12.9. The van der Waals surface area contributed by atoms with E-state index in [0.29, 0.717) is 17.8 Å². The molecule has 1 heterocycles. The Morgan fingerprint density at radius 3 is 2.39 bits per heavy atom. The molecule has 2 amide bonds. The van der Waals surface area contributed by atoms with Crippen LogP contribution in [0.4, 0.5) is 10.5 Å². The van der Waals surface area contributed by atoms with Gasteiger partial charge >= 0.3 is 18.0 Å². The Kier molecular flexibility index (Phi) is 9.92. The number of carbonyl (C=O) groups is 3. The third-order valence-corrected chi connectivity index (χ3v) is 7.30. The summed E-state index contributed by atoms with van der Waals surface area (Å²) in [5.74, 6) is -1.85. The van der Waals surface area contributed by atoms with Crippen molar-refractivity contribution in [1.29, 1.82) is 0 Å². The molecule has 4 rings (SSSR count). The molecule has 210 valence electrons. The number of aliphatic carboxylic acids is 1. The van der Waals surface area contributed by atoms with Crippen LogP contribution >= 0.6 is 0 Å². The van der Waals surface area contributed by atoms with Gasteiger partial charge in [-0.3, -0.25) is 9.78 Å². The van der Waals surface area contributed by atoms with Gasteiger partial charge in [0.05, 0.1) is 29.8 Å². The monoisotopic (exact) mass is 572 g/mol. The van der Waals surface area contributed by atoms with Crippen LogP contribution in [0.5, 0.6) is 0 Å². The van der Waals surface area contributed by atoms with E-state index in [2.05, 4.69) is 20.3 Å². The molecule has 0 aliphatic rings. The number of hydrogen-bond donors (Lipinski definition) is 4. The van der Waals surface area contributed by atoms with E-state index < -0.39 is 29.0 Å². The first kappa shape index (κ1) is 29.1. The van der Waals surface area contributed by atoms with Crippen molar-refractivity contribution in [3.8, 4) is 11.1 Å². The number of carbonyl (C=O) groups excluding carboxylic acids is 2. The molecule has 41 heavy (non-hydrogen) atoms. The van der Waals surface area contributed by atoms with Crippen LogP contribution in [0.2, 0.25) is 0 Å². The van der Waals surface area contributed by atoms with Crippen LogP contribution < -0.4 is 15.4 Å². The Labute approximate surface area is 239 Å². The number of nitrogens with zero attached hydrogens (tertiary/aromatic N) is 1. The number of esters is 1. The van der Waals surface area contributed by atoms with Crippen molar-refractivity contribution in [2.24, 2.45) is 0 Å². The van der Waals surface area contributed by atoms with Crippen molar-refractivity contribution in [3.63, 3.8) is 0 Å². The average molecular weight is 573 g/mol. The standard InChI is InChI=1S/C30H28N4O6S/c1-40-29(37)25-10-2-3-11-27(25)41(39)34-26(28(35)36)17-20-12-14-21(15-13-20)22-7-6-9-23(18-22)33-30(38)32-19-24-8-4-5-16-31-24/h2-16,18,26,34H,17,19H2,1H3,(H,35,36)(H2,32,33,38). The lowest BCUT2D eigenvalue weighted by atomic mass is 10.0. The first-order valence-electron chi connectivity index (χ1n) is 12.6. The van der Waals surface area contributed by atoms with Gasteiger partial charge in [0, 0.05) is 11.9 Å². The molecular formula is C30H28N4O6S. The smallest absolute Gasteiger partial charge is 0.339 e. The van der Waals surface area contributed by atoms with E-state index in [0.717, 1.165) is 16.8 Å². The van der Waals surface area contributed by atoms with Crippen LogP contribution in [0, 0.1) is 0 Å². The fourth-order valence-corrected chi connectivity index (χ4v) is 5.10. The van der Waals surface area contributed by atoms with E-state index >= 15 is 0 Å². The highest BCUT2D eigenvalue weighted by molar-refractivity contribution is 7.83. The number of ether oxygens (including phenoxy) is 1. The van der Waals surface area contributed by atoms with Gasteiger partial charge in [-0.2, -0.15) is 0 Å². The van der Waals surface area contributed by atoms with Crippen molar-refractivity contribution in [3.05, 3.63) is 114 Å². The first-order valence-corrected chi connectivity index (χ1v) is 13.7. The first-order chi connectivity index (χ1) is 19.8. The minimum Gasteiger partial charge on any atom is -0.480 e. The Hall–Kier alpha value is -4.87. The number of carboxylic acids is 1. The van der Waals surface area contributed by atoms with Crippen LogP contribution in [-0.4, -0.2) is 45.4 Å². The van der Waals surface area contributed by atoms with Crippen molar-refractivity contribution >= 4 is 34.6 Å². The zero-order chi connectivity index (χ0) is 29.2. The lowest BCUT2D eigenvalue weighted by molar-refractivity contribution is -0.138. The number of nitrogens with one attached hydrogen (secondary N) is 3. The number of methoxy groups -OCH3 is 1. The Bertz CT molecular complexity index is 1550. The quantitative estimate of drug-likeness (QED) is 0.197. The van der Waals surface area contributed by atoms with Gasteiger partial charge < -0.3 is 20.5 Å². The highest BCUT2D eigenvalue weighted by Gasteiger charge is 2.24. The fraction of sp³-hybridized carbons (Fsp3) is 0.133. The summed E-state index contributed by atoms with van der Waals surface area (Å²) in [5.41, 5.74) is 3.87. The van der Waals surface area contributed by atoms with Crippen LogP contribution in [0.3, 0.4) is 0 Å². The Balaban J connectivity index is 1.39. The Morgan fingerprint density at radius 1 is 0.927 bits per heavy atom. The van der Waals surface area contributed by atoms with E-state index in [1.807, 2.05) is 42.5 Å². The summed E-state index contributed by atoms with van der Waals surface area (Å²) in [6.45, 7) is 0.297. The molecule has 0 fully saturated rings. The van der Waals surface area contributed by atoms with Crippen molar-refractivity contribution < 1.29 is 28.4 Å². The summed E-state index contributed by atoms with van der Waals surface area (Å²) in [5, 5.41) is 15.3. The molecule has 0 aliphatic carbocycles. The Morgan fingerprint density at radius 2 is 1.68 bits per heavy atom. The maximum Gasteiger partial charge on any atom is 0.339 e. The number of urea groups is 1. The normalized spacial score (nSPS) is 12.1. The van der Waals surface area contributed by atoms with Crippen LogP contribution in [-0.2, 0) is 33.5 Å². The number of carboxylic acid groups (broad SMARTS) is 1. The predicted octanol–water partition coefficient (Wildman–Crippen LogP) is 4.17. The van der Waals surface area contributed by atoms with E-state index in [1.54, 1.807) is 42.6 Å². The minimum absolute atomic E-state index is 0.0553. The molecule has 11 heteroatoms. The van der Waals surface area contributed by atoms with Gasteiger partial charge in [0.1, 0.15) is 17.0 Å². The molecule has 4 N–H and O–H groups in total.